The predicted octanol–water partition coefficient (Wildman–Crippen LogP) is 4.53. The zero-order valence-corrected chi connectivity index (χ0v) is 35.2. The first-order valence-corrected chi connectivity index (χ1v) is 21.1. The van der Waals surface area contributed by atoms with Crippen LogP contribution in [-0.2, 0) is 9.59 Å². The normalized spacial score (nSPS) is 24.3. The van der Waals surface area contributed by atoms with Gasteiger partial charge in [-0.05, 0) is 68.5 Å². The summed E-state index contributed by atoms with van der Waals surface area (Å²) in [4.78, 5) is 85.1. The lowest BCUT2D eigenvalue weighted by Crippen LogP contribution is -2.77. The smallest absolute Gasteiger partial charge is 0.262 e. The molecule has 1 aromatic heterocycles. The maximum atomic E-state index is 14.4. The van der Waals surface area contributed by atoms with Crippen LogP contribution in [0.3, 0.4) is 0 Å². The van der Waals surface area contributed by atoms with E-state index in [1.165, 1.54) is 17.3 Å². The number of carbonyl (C=O) groups is 5. The molecule has 1 aliphatic carbocycles. The monoisotopic (exact) mass is 835 g/mol. The molecule has 3 aromatic rings. The molecule has 314 valence electrons. The van der Waals surface area contributed by atoms with Crippen molar-refractivity contribution >= 4 is 52.8 Å². The molecule has 0 radical (unpaired) electrons. The van der Waals surface area contributed by atoms with E-state index in [1.54, 1.807) is 30.3 Å². The summed E-state index contributed by atoms with van der Waals surface area (Å²) < 4.78 is 6.40. The quantitative estimate of drug-likeness (QED) is 0.282. The summed E-state index contributed by atoms with van der Waals surface area (Å²) in [7, 11) is 0. The number of imide groups is 2. The number of aromatic nitrogens is 2. The fourth-order valence-electron chi connectivity index (χ4n) is 10.5. The number of piperazine rings is 1. The molecule has 1 atom stereocenters. The van der Waals surface area contributed by atoms with Gasteiger partial charge in [-0.15, -0.1) is 0 Å². The van der Waals surface area contributed by atoms with Gasteiger partial charge in [0.05, 0.1) is 33.3 Å². The van der Waals surface area contributed by atoms with Crippen molar-refractivity contribution < 1.29 is 28.7 Å². The van der Waals surface area contributed by atoms with Crippen molar-refractivity contribution in [3.63, 3.8) is 0 Å². The van der Waals surface area contributed by atoms with Gasteiger partial charge in [0.1, 0.15) is 24.0 Å². The molecule has 0 spiro atoms. The van der Waals surface area contributed by atoms with Gasteiger partial charge in [-0.2, -0.15) is 5.26 Å². The predicted molar refractivity (Wildman–Crippen MR) is 223 cm³/mol. The molecule has 8 rings (SSSR count). The van der Waals surface area contributed by atoms with E-state index >= 15 is 0 Å². The molecule has 4 fully saturated rings. The number of amides is 5. The van der Waals surface area contributed by atoms with Crippen molar-refractivity contribution in [3.05, 3.63) is 76.1 Å². The lowest BCUT2D eigenvalue weighted by atomic mass is 9.48. The summed E-state index contributed by atoms with van der Waals surface area (Å²) in [6.45, 7) is 13.8. The van der Waals surface area contributed by atoms with E-state index in [0.717, 1.165) is 75.7 Å². The zero-order chi connectivity index (χ0) is 42.7. The number of hydrogen-bond acceptors (Lipinski definition) is 12. The fraction of sp³-hybridized carbons (Fsp3) is 0.500. The maximum absolute atomic E-state index is 14.4. The Labute approximate surface area is 354 Å². The minimum absolute atomic E-state index is 0.0148. The second-order valence-electron chi connectivity index (χ2n) is 17.8. The third kappa shape index (κ3) is 7.23. The standard InChI is InChI=1S/C44H50ClN9O6/c1-43(2)40(44(3,4)41(43)60-30-7-5-27(23-46)33(45)22-30)54-35(55)10-9-34(39(54)59)53-37(57)31-8-6-29(21-32(31)38(53)58)51-19-17-50(18-20-51)14-11-26-12-15-52(16-13-26)42-48-24-28(25-49-42)36(47)56/h5-8,21-22,24-26,34,40-41H,9-20H2,1-4H3,(H2,47,56). The molecule has 2 N–H and O–H groups in total. The Bertz CT molecular complexity index is 2260. The van der Waals surface area contributed by atoms with Crippen molar-refractivity contribution in [2.75, 3.05) is 55.6 Å². The molecule has 60 heavy (non-hydrogen) atoms. The largest absolute Gasteiger partial charge is 0.489 e. The van der Waals surface area contributed by atoms with Crippen LogP contribution >= 0.6 is 11.6 Å². The molecule has 5 amide bonds. The molecule has 2 aromatic carbocycles. The first kappa shape index (κ1) is 41.2. The highest BCUT2D eigenvalue weighted by Gasteiger charge is 2.68. The average Bonchev–Trinajstić information content (AvgIpc) is 3.48. The van der Waals surface area contributed by atoms with Crippen LogP contribution < -0.4 is 20.3 Å². The van der Waals surface area contributed by atoms with Crippen LogP contribution in [0, 0.1) is 28.1 Å². The number of primary amides is 1. The van der Waals surface area contributed by atoms with Crippen LogP contribution in [0.5, 0.6) is 5.75 Å². The zero-order valence-electron chi connectivity index (χ0n) is 34.4. The number of ether oxygens (including phenoxy) is 1. The van der Waals surface area contributed by atoms with Gasteiger partial charge in [0.15, 0.2) is 0 Å². The lowest BCUT2D eigenvalue weighted by molar-refractivity contribution is -0.216. The number of nitrogens with two attached hydrogens (primary N) is 1. The topological polar surface area (TPSA) is 186 Å². The Kier molecular flexibility index (Phi) is 10.8. The number of halogens is 1. The Balaban J connectivity index is 0.866. The van der Waals surface area contributed by atoms with Crippen molar-refractivity contribution in [1.82, 2.24) is 24.7 Å². The highest BCUT2D eigenvalue weighted by Crippen LogP contribution is 2.58. The summed E-state index contributed by atoms with van der Waals surface area (Å²) in [5, 5.41) is 9.55. The van der Waals surface area contributed by atoms with Gasteiger partial charge in [-0.25, -0.2) is 9.97 Å². The lowest BCUT2D eigenvalue weighted by Gasteiger charge is -2.65. The SMILES string of the molecule is CC1(C)C(Oc2ccc(C#N)c(Cl)c2)C(C)(C)C1N1C(=O)CCC(N2C(=O)c3ccc(N4CCN(CCC5CCN(c6ncc(C(N)=O)cn6)CC5)CC4)cc3C2=O)C1=O. The van der Waals surface area contributed by atoms with Gasteiger partial charge in [-0.3, -0.25) is 38.7 Å². The van der Waals surface area contributed by atoms with E-state index in [2.05, 4.69) is 24.7 Å². The van der Waals surface area contributed by atoms with E-state index in [-0.39, 0.29) is 34.9 Å². The first-order chi connectivity index (χ1) is 28.6. The van der Waals surface area contributed by atoms with E-state index in [4.69, 9.17) is 22.1 Å². The molecule has 3 saturated heterocycles. The van der Waals surface area contributed by atoms with Gasteiger partial charge in [0.2, 0.25) is 11.9 Å². The van der Waals surface area contributed by atoms with Gasteiger partial charge in [0.25, 0.3) is 23.6 Å². The highest BCUT2D eigenvalue weighted by molar-refractivity contribution is 6.31. The fourth-order valence-corrected chi connectivity index (χ4v) is 10.7. The van der Waals surface area contributed by atoms with E-state index < -0.39 is 52.6 Å². The molecular weight excluding hydrogens is 786 g/mol. The molecule has 4 aliphatic heterocycles. The number of carbonyl (C=O) groups excluding carboxylic acids is 5. The van der Waals surface area contributed by atoms with Crippen molar-refractivity contribution in [1.29, 1.82) is 5.26 Å². The third-order valence-electron chi connectivity index (χ3n) is 13.4. The van der Waals surface area contributed by atoms with Gasteiger partial charge in [0, 0.05) is 80.7 Å². The minimum atomic E-state index is -1.11. The molecule has 5 heterocycles. The van der Waals surface area contributed by atoms with Crippen LogP contribution in [0.15, 0.2) is 48.8 Å². The van der Waals surface area contributed by atoms with Gasteiger partial charge < -0.3 is 20.3 Å². The maximum Gasteiger partial charge on any atom is 0.262 e. The molecule has 15 nitrogen and oxygen atoms in total. The number of nitrogens with zero attached hydrogens (tertiary/aromatic N) is 8. The van der Waals surface area contributed by atoms with Gasteiger partial charge >= 0.3 is 0 Å². The number of likely N-dealkylation sites (tertiary alicyclic amines) is 1. The molecular formula is C44H50ClN9O6. The number of piperidine rings is 2. The summed E-state index contributed by atoms with van der Waals surface area (Å²) in [5.74, 6) is -0.783. The van der Waals surface area contributed by atoms with Gasteiger partial charge in [-0.1, -0.05) is 39.3 Å². The van der Waals surface area contributed by atoms with Crippen molar-refractivity contribution in [2.24, 2.45) is 22.5 Å². The molecule has 5 aliphatic rings. The summed E-state index contributed by atoms with van der Waals surface area (Å²) in [6.07, 6.45) is 5.79. The van der Waals surface area contributed by atoms with E-state index in [0.29, 0.717) is 28.7 Å². The second kappa shape index (κ2) is 15.8. The van der Waals surface area contributed by atoms with Crippen molar-refractivity contribution in [3.8, 4) is 11.8 Å². The Morgan fingerprint density at radius 1 is 0.867 bits per heavy atom. The molecule has 16 heteroatoms. The molecule has 0 bridgehead atoms. The average molecular weight is 836 g/mol. The number of rotatable bonds is 10. The molecule has 1 unspecified atom stereocenters. The number of fused-ring (bicyclic) bond motifs is 1. The summed E-state index contributed by atoms with van der Waals surface area (Å²) in [5.41, 5.74) is 5.94. The third-order valence-corrected chi connectivity index (χ3v) is 13.7. The summed E-state index contributed by atoms with van der Waals surface area (Å²) >= 11 is 6.28. The van der Waals surface area contributed by atoms with Crippen LogP contribution in [0.2, 0.25) is 5.02 Å². The number of benzene rings is 2. The number of hydrogen-bond donors (Lipinski definition) is 1. The van der Waals surface area contributed by atoms with Crippen LogP contribution in [0.25, 0.3) is 0 Å². The number of anilines is 2. The minimum Gasteiger partial charge on any atom is -0.489 e. The van der Waals surface area contributed by atoms with Crippen LogP contribution in [-0.4, -0.2) is 118 Å². The summed E-state index contributed by atoms with van der Waals surface area (Å²) in [6, 6.07) is 10.5. The van der Waals surface area contributed by atoms with E-state index in [1.807, 2.05) is 39.8 Å². The first-order valence-electron chi connectivity index (χ1n) is 20.7. The highest BCUT2D eigenvalue weighted by atomic mass is 35.5. The Morgan fingerprint density at radius 3 is 2.17 bits per heavy atom. The number of nitriles is 1. The van der Waals surface area contributed by atoms with Crippen molar-refractivity contribution in [2.45, 2.75) is 78.0 Å². The van der Waals surface area contributed by atoms with E-state index in [9.17, 15) is 29.2 Å². The van der Waals surface area contributed by atoms with Crippen LogP contribution in [0.1, 0.15) is 96.4 Å². The Hall–Kier alpha value is -5.59. The van der Waals surface area contributed by atoms with Crippen LogP contribution in [0.4, 0.5) is 11.6 Å². The second-order valence-corrected chi connectivity index (χ2v) is 18.3. The molecule has 1 saturated carbocycles. The Morgan fingerprint density at radius 2 is 1.53 bits per heavy atom.